The monoisotopic (exact) mass is 406 g/mol. The van der Waals surface area contributed by atoms with Crippen LogP contribution in [0.4, 0.5) is 9.80 Å². The average Bonchev–Trinajstić information content (AvgIpc) is 3.27. The lowest BCUT2D eigenvalue weighted by Crippen LogP contribution is -2.13. The fourth-order valence-corrected chi connectivity index (χ4v) is 4.24. The van der Waals surface area contributed by atoms with Crippen molar-refractivity contribution in [3.05, 3.63) is 65.5 Å². The molecule has 0 radical (unpaired) electrons. The maximum absolute atomic E-state index is 12.3. The Labute approximate surface area is 173 Å². The van der Waals surface area contributed by atoms with Crippen LogP contribution < -0.4 is 5.32 Å². The van der Waals surface area contributed by atoms with Crippen LogP contribution in [0.15, 0.2) is 48.7 Å². The van der Waals surface area contributed by atoms with Crippen LogP contribution in [-0.2, 0) is 24.8 Å². The van der Waals surface area contributed by atoms with E-state index in [-0.39, 0.29) is 6.61 Å². The molecular formula is C22H22N4O2S. The SMILES string of the molecule is CCc1ccccc1-c1nc(C)c(NC(=O)OCc2ccc3nn(C)cc3c2)s1. The largest absolute Gasteiger partial charge is 0.444 e. The van der Waals surface area contributed by atoms with Crippen LogP contribution in [0.5, 0.6) is 0 Å². The topological polar surface area (TPSA) is 69.0 Å². The highest BCUT2D eigenvalue weighted by molar-refractivity contribution is 7.19. The van der Waals surface area contributed by atoms with E-state index >= 15 is 0 Å². The number of hydrogen-bond donors (Lipinski definition) is 1. The minimum Gasteiger partial charge on any atom is -0.444 e. The van der Waals surface area contributed by atoms with Crippen LogP contribution in [0.1, 0.15) is 23.7 Å². The Morgan fingerprint density at radius 2 is 2.07 bits per heavy atom. The molecule has 1 amide bonds. The molecule has 4 aromatic rings. The van der Waals surface area contributed by atoms with Crippen LogP contribution in [0, 0.1) is 6.92 Å². The second kappa shape index (κ2) is 8.05. The Hall–Kier alpha value is -3.19. The summed E-state index contributed by atoms with van der Waals surface area (Å²) in [7, 11) is 1.88. The number of carbonyl (C=O) groups is 1. The molecule has 2 aromatic heterocycles. The smallest absolute Gasteiger partial charge is 0.412 e. The molecule has 0 unspecified atom stereocenters. The van der Waals surface area contributed by atoms with E-state index in [0.29, 0.717) is 5.00 Å². The number of amides is 1. The van der Waals surface area contributed by atoms with Gasteiger partial charge in [0.25, 0.3) is 0 Å². The van der Waals surface area contributed by atoms with Crippen LogP contribution in [0.25, 0.3) is 21.5 Å². The van der Waals surface area contributed by atoms with Crippen molar-refractivity contribution < 1.29 is 9.53 Å². The van der Waals surface area contributed by atoms with Gasteiger partial charge in [0.2, 0.25) is 0 Å². The standard InChI is InChI=1S/C22H22N4O2S/c1-4-16-7-5-6-8-18(16)21-23-14(2)20(29-21)24-22(27)28-13-15-9-10-19-17(11-15)12-26(3)25-19/h5-12H,4,13H2,1-3H3,(H,24,27). The summed E-state index contributed by atoms with van der Waals surface area (Å²) in [5.41, 5.74) is 4.96. The number of benzene rings is 2. The van der Waals surface area contributed by atoms with E-state index < -0.39 is 6.09 Å². The fourth-order valence-electron chi connectivity index (χ4n) is 3.23. The van der Waals surface area contributed by atoms with E-state index in [1.54, 1.807) is 4.68 Å². The summed E-state index contributed by atoms with van der Waals surface area (Å²) in [5, 5.41) is 9.80. The number of fused-ring (bicyclic) bond motifs is 1. The second-order valence-corrected chi connectivity index (χ2v) is 7.84. The third-order valence-electron chi connectivity index (χ3n) is 4.69. The Kier molecular flexibility index (Phi) is 5.31. The number of aromatic nitrogens is 3. The van der Waals surface area contributed by atoms with Gasteiger partial charge >= 0.3 is 6.09 Å². The Bertz CT molecular complexity index is 1180. The highest BCUT2D eigenvalue weighted by atomic mass is 32.1. The average molecular weight is 407 g/mol. The summed E-state index contributed by atoms with van der Waals surface area (Å²) < 4.78 is 7.17. The quantitative estimate of drug-likeness (QED) is 0.487. The molecule has 148 valence electrons. The Balaban J connectivity index is 1.43. The second-order valence-electron chi connectivity index (χ2n) is 6.84. The normalized spacial score (nSPS) is 11.0. The first-order valence-electron chi connectivity index (χ1n) is 9.45. The minimum atomic E-state index is -0.488. The van der Waals surface area contributed by atoms with Gasteiger partial charge in [-0.1, -0.05) is 48.6 Å². The molecule has 1 N–H and O–H groups in total. The maximum Gasteiger partial charge on any atom is 0.412 e. The Morgan fingerprint density at radius 1 is 1.24 bits per heavy atom. The van der Waals surface area contributed by atoms with Gasteiger partial charge in [-0.05, 0) is 36.6 Å². The number of anilines is 1. The van der Waals surface area contributed by atoms with Crippen molar-refractivity contribution in [2.24, 2.45) is 7.05 Å². The number of ether oxygens (including phenoxy) is 1. The number of thiazole rings is 1. The van der Waals surface area contributed by atoms with E-state index in [0.717, 1.165) is 39.2 Å². The fraction of sp³-hybridized carbons (Fsp3) is 0.227. The molecule has 0 fully saturated rings. The van der Waals surface area contributed by atoms with Crippen molar-refractivity contribution in [3.8, 4) is 10.6 Å². The number of nitrogens with one attached hydrogen (secondary N) is 1. The van der Waals surface area contributed by atoms with Crippen LogP contribution >= 0.6 is 11.3 Å². The van der Waals surface area contributed by atoms with Crippen LogP contribution in [0.3, 0.4) is 0 Å². The first kappa shape index (κ1) is 19.1. The van der Waals surface area contributed by atoms with Gasteiger partial charge < -0.3 is 4.74 Å². The summed E-state index contributed by atoms with van der Waals surface area (Å²) in [4.78, 5) is 16.9. The first-order valence-corrected chi connectivity index (χ1v) is 10.3. The van der Waals surface area contributed by atoms with Crippen LogP contribution in [0.2, 0.25) is 0 Å². The zero-order valence-corrected chi connectivity index (χ0v) is 17.4. The van der Waals surface area contributed by atoms with Gasteiger partial charge in [-0.25, -0.2) is 9.78 Å². The molecule has 4 rings (SSSR count). The molecule has 0 aliphatic heterocycles. The van der Waals surface area contributed by atoms with Gasteiger partial charge in [-0.2, -0.15) is 5.10 Å². The van der Waals surface area contributed by atoms with E-state index in [1.807, 2.05) is 50.5 Å². The number of aryl methyl sites for hydroxylation is 3. The maximum atomic E-state index is 12.3. The molecule has 0 aliphatic carbocycles. The van der Waals surface area contributed by atoms with Crippen molar-refractivity contribution in [1.29, 1.82) is 0 Å². The molecule has 2 aromatic carbocycles. The summed E-state index contributed by atoms with van der Waals surface area (Å²) in [6.07, 6.45) is 2.38. The van der Waals surface area contributed by atoms with E-state index in [9.17, 15) is 4.79 Å². The number of carbonyl (C=O) groups excluding carboxylic acids is 1. The van der Waals surface area contributed by atoms with E-state index in [1.165, 1.54) is 16.9 Å². The molecular weight excluding hydrogens is 384 g/mol. The van der Waals surface area contributed by atoms with Crippen LogP contribution in [-0.4, -0.2) is 20.9 Å². The highest BCUT2D eigenvalue weighted by Gasteiger charge is 2.14. The molecule has 0 saturated heterocycles. The van der Waals surface area contributed by atoms with Gasteiger partial charge in [0, 0.05) is 24.2 Å². The lowest BCUT2D eigenvalue weighted by molar-refractivity contribution is 0.155. The molecule has 6 nitrogen and oxygen atoms in total. The molecule has 29 heavy (non-hydrogen) atoms. The molecule has 0 bridgehead atoms. The van der Waals surface area contributed by atoms with Gasteiger partial charge in [0.1, 0.15) is 16.6 Å². The molecule has 2 heterocycles. The highest BCUT2D eigenvalue weighted by Crippen LogP contribution is 2.33. The zero-order chi connectivity index (χ0) is 20.4. The van der Waals surface area contributed by atoms with E-state index in [4.69, 9.17) is 4.74 Å². The summed E-state index contributed by atoms with van der Waals surface area (Å²) in [6.45, 7) is 4.21. The summed E-state index contributed by atoms with van der Waals surface area (Å²) in [6, 6.07) is 14.0. The summed E-state index contributed by atoms with van der Waals surface area (Å²) >= 11 is 1.46. The number of hydrogen-bond acceptors (Lipinski definition) is 5. The number of nitrogens with zero attached hydrogens (tertiary/aromatic N) is 3. The van der Waals surface area contributed by atoms with Gasteiger partial charge in [0.05, 0.1) is 11.2 Å². The van der Waals surface area contributed by atoms with Gasteiger partial charge in [-0.3, -0.25) is 10.00 Å². The third-order valence-corrected chi connectivity index (χ3v) is 5.80. The molecule has 0 aliphatic rings. The summed E-state index contributed by atoms with van der Waals surface area (Å²) in [5.74, 6) is 0. The molecule has 0 spiro atoms. The van der Waals surface area contributed by atoms with Crippen molar-refractivity contribution in [1.82, 2.24) is 14.8 Å². The minimum absolute atomic E-state index is 0.194. The zero-order valence-electron chi connectivity index (χ0n) is 16.6. The Morgan fingerprint density at radius 3 is 2.90 bits per heavy atom. The number of rotatable bonds is 5. The molecule has 0 saturated carbocycles. The van der Waals surface area contributed by atoms with Crippen molar-refractivity contribution in [3.63, 3.8) is 0 Å². The predicted molar refractivity (Wildman–Crippen MR) is 116 cm³/mol. The van der Waals surface area contributed by atoms with Gasteiger partial charge in [-0.15, -0.1) is 0 Å². The van der Waals surface area contributed by atoms with Crippen molar-refractivity contribution in [2.75, 3.05) is 5.32 Å². The van der Waals surface area contributed by atoms with Gasteiger partial charge in [0.15, 0.2) is 0 Å². The lowest BCUT2D eigenvalue weighted by Gasteiger charge is -2.06. The predicted octanol–water partition coefficient (Wildman–Crippen LogP) is 5.32. The molecule has 0 atom stereocenters. The van der Waals surface area contributed by atoms with E-state index in [2.05, 4.69) is 34.5 Å². The first-order chi connectivity index (χ1) is 14.0. The third kappa shape index (κ3) is 4.14. The lowest BCUT2D eigenvalue weighted by atomic mass is 10.1. The van der Waals surface area contributed by atoms with Crippen molar-refractivity contribution >= 4 is 33.3 Å². The molecule has 7 heteroatoms. The van der Waals surface area contributed by atoms with Crippen molar-refractivity contribution in [2.45, 2.75) is 26.9 Å².